The van der Waals surface area contributed by atoms with Gasteiger partial charge >= 0.3 is 5.97 Å². The monoisotopic (exact) mass is 231 g/mol. The maximum atomic E-state index is 11.0. The Morgan fingerprint density at radius 1 is 1.65 bits per heavy atom. The van der Waals surface area contributed by atoms with Gasteiger partial charge in [-0.1, -0.05) is 6.92 Å². The number of hydrogen-bond donors (Lipinski definition) is 1. The van der Waals surface area contributed by atoms with Crippen LogP contribution in [0.4, 0.5) is 5.82 Å². The second-order valence-electron chi connectivity index (χ2n) is 4.34. The normalized spacial score (nSPS) is 23.4. The van der Waals surface area contributed by atoms with Crippen LogP contribution in [0.3, 0.4) is 0 Å². The van der Waals surface area contributed by atoms with Crippen molar-refractivity contribution in [3.63, 3.8) is 0 Å². The molecule has 1 aromatic rings. The molecule has 0 aromatic carbocycles. The predicted molar refractivity (Wildman–Crippen MR) is 61.5 cm³/mol. The summed E-state index contributed by atoms with van der Waals surface area (Å²) >= 11 is 0. The number of nitriles is 1. The van der Waals surface area contributed by atoms with E-state index in [1.807, 2.05) is 11.8 Å². The lowest BCUT2D eigenvalue weighted by Crippen LogP contribution is -2.23. The molecule has 0 unspecified atom stereocenters. The van der Waals surface area contributed by atoms with Crippen LogP contribution in [0, 0.1) is 23.2 Å². The zero-order valence-electron chi connectivity index (χ0n) is 9.50. The molecule has 1 aliphatic rings. The van der Waals surface area contributed by atoms with Crippen LogP contribution in [0.1, 0.15) is 12.5 Å². The van der Waals surface area contributed by atoms with Crippen LogP contribution in [0.5, 0.6) is 0 Å². The summed E-state index contributed by atoms with van der Waals surface area (Å²) in [6.45, 7) is 3.05. The van der Waals surface area contributed by atoms with Gasteiger partial charge in [-0.3, -0.25) is 4.79 Å². The summed E-state index contributed by atoms with van der Waals surface area (Å²) in [5.41, 5.74) is 0.543. The van der Waals surface area contributed by atoms with Crippen molar-refractivity contribution in [1.29, 1.82) is 5.26 Å². The van der Waals surface area contributed by atoms with Crippen LogP contribution in [-0.4, -0.2) is 29.1 Å². The highest BCUT2D eigenvalue weighted by molar-refractivity contribution is 5.72. The standard InChI is InChI=1S/C12H13N3O2/c1-8-6-15(7-10(8)12(16)17)11-4-9(5-13)2-3-14-11/h2-4,8,10H,6-7H2,1H3,(H,16,17)/t8-,10-/m1/s1. The number of carboxylic acid groups (broad SMARTS) is 1. The highest BCUT2D eigenvalue weighted by Gasteiger charge is 2.35. The van der Waals surface area contributed by atoms with E-state index in [1.54, 1.807) is 18.3 Å². The van der Waals surface area contributed by atoms with E-state index in [0.29, 0.717) is 24.5 Å². The fourth-order valence-electron chi connectivity index (χ4n) is 2.14. The topological polar surface area (TPSA) is 77.2 Å². The average Bonchev–Trinajstić information content (AvgIpc) is 2.71. The van der Waals surface area contributed by atoms with E-state index in [1.165, 1.54) is 0 Å². The first-order valence-electron chi connectivity index (χ1n) is 5.45. The fraction of sp³-hybridized carbons (Fsp3) is 0.417. The second kappa shape index (κ2) is 4.42. The van der Waals surface area contributed by atoms with Crippen molar-refractivity contribution in [2.75, 3.05) is 18.0 Å². The van der Waals surface area contributed by atoms with Crippen molar-refractivity contribution in [3.05, 3.63) is 23.9 Å². The molecule has 0 radical (unpaired) electrons. The van der Waals surface area contributed by atoms with Gasteiger partial charge < -0.3 is 10.0 Å². The molecule has 0 spiro atoms. The molecule has 1 aliphatic heterocycles. The summed E-state index contributed by atoms with van der Waals surface area (Å²) in [6, 6.07) is 5.38. The minimum Gasteiger partial charge on any atom is -0.481 e. The van der Waals surface area contributed by atoms with Gasteiger partial charge in [-0.2, -0.15) is 5.26 Å². The zero-order chi connectivity index (χ0) is 12.4. The van der Waals surface area contributed by atoms with Gasteiger partial charge in [-0.15, -0.1) is 0 Å². The highest BCUT2D eigenvalue weighted by Crippen LogP contribution is 2.27. The molecule has 0 amide bonds. The number of aliphatic carboxylic acids is 1. The molecule has 2 heterocycles. The van der Waals surface area contributed by atoms with Gasteiger partial charge in [0.05, 0.1) is 17.6 Å². The van der Waals surface area contributed by atoms with Gasteiger partial charge in [0.2, 0.25) is 0 Å². The molecular formula is C12H13N3O2. The summed E-state index contributed by atoms with van der Waals surface area (Å²) < 4.78 is 0. The predicted octanol–water partition coefficient (Wildman–Crippen LogP) is 1.11. The van der Waals surface area contributed by atoms with Crippen LogP contribution >= 0.6 is 0 Å². The Hall–Kier alpha value is -2.09. The first-order chi connectivity index (χ1) is 8.11. The van der Waals surface area contributed by atoms with E-state index in [-0.39, 0.29) is 11.8 Å². The number of aromatic nitrogens is 1. The minimum absolute atomic E-state index is 0.0973. The van der Waals surface area contributed by atoms with Crippen LogP contribution < -0.4 is 4.90 Å². The SMILES string of the molecule is C[C@@H]1CN(c2cc(C#N)ccn2)C[C@H]1C(=O)O. The van der Waals surface area contributed by atoms with Gasteiger partial charge in [0.15, 0.2) is 0 Å². The Morgan fingerprint density at radius 3 is 3.00 bits per heavy atom. The maximum absolute atomic E-state index is 11.0. The van der Waals surface area contributed by atoms with Gasteiger partial charge in [0.1, 0.15) is 5.82 Å². The number of carbonyl (C=O) groups is 1. The first-order valence-corrected chi connectivity index (χ1v) is 5.45. The number of pyridine rings is 1. The van der Waals surface area contributed by atoms with Gasteiger partial charge in [0.25, 0.3) is 0 Å². The molecule has 1 aromatic heterocycles. The quantitative estimate of drug-likeness (QED) is 0.825. The molecule has 0 bridgehead atoms. The first kappa shape index (κ1) is 11.4. The minimum atomic E-state index is -0.767. The lowest BCUT2D eigenvalue weighted by molar-refractivity contribution is -0.142. The van der Waals surface area contributed by atoms with Gasteiger partial charge in [-0.25, -0.2) is 4.98 Å². The molecule has 2 atom stereocenters. The van der Waals surface area contributed by atoms with Crippen molar-refractivity contribution in [2.45, 2.75) is 6.92 Å². The summed E-state index contributed by atoms with van der Waals surface area (Å²) in [4.78, 5) is 17.1. The van der Waals surface area contributed by atoms with Gasteiger partial charge in [0, 0.05) is 19.3 Å². The molecule has 5 nitrogen and oxygen atoms in total. The van der Waals surface area contributed by atoms with Crippen molar-refractivity contribution in [2.24, 2.45) is 11.8 Å². The third kappa shape index (κ3) is 2.21. The van der Waals surface area contributed by atoms with Crippen molar-refractivity contribution in [1.82, 2.24) is 4.98 Å². The van der Waals surface area contributed by atoms with Crippen LogP contribution in [0.25, 0.3) is 0 Å². The Bertz CT molecular complexity index is 481. The van der Waals surface area contributed by atoms with Crippen molar-refractivity contribution in [3.8, 4) is 6.07 Å². The lowest BCUT2D eigenvalue weighted by Gasteiger charge is -2.16. The molecule has 1 fully saturated rings. The highest BCUT2D eigenvalue weighted by atomic mass is 16.4. The summed E-state index contributed by atoms with van der Waals surface area (Å²) in [5, 5.41) is 17.9. The molecule has 0 aliphatic carbocycles. The zero-order valence-corrected chi connectivity index (χ0v) is 9.50. The van der Waals surface area contributed by atoms with Crippen molar-refractivity contribution < 1.29 is 9.90 Å². The van der Waals surface area contributed by atoms with Crippen LogP contribution in [0.15, 0.2) is 18.3 Å². The third-order valence-electron chi connectivity index (χ3n) is 3.13. The largest absolute Gasteiger partial charge is 0.481 e. The van der Waals surface area contributed by atoms with E-state index in [4.69, 9.17) is 10.4 Å². The van der Waals surface area contributed by atoms with E-state index >= 15 is 0 Å². The van der Waals surface area contributed by atoms with E-state index < -0.39 is 5.97 Å². The van der Waals surface area contributed by atoms with Crippen LogP contribution in [0.2, 0.25) is 0 Å². The summed E-state index contributed by atoms with van der Waals surface area (Å²) in [5.74, 6) is -0.348. The Labute approximate surface area is 99.3 Å². The molecule has 2 rings (SSSR count). The summed E-state index contributed by atoms with van der Waals surface area (Å²) in [6.07, 6.45) is 1.58. The summed E-state index contributed by atoms with van der Waals surface area (Å²) in [7, 11) is 0. The Kier molecular flexibility index (Phi) is 2.96. The number of carboxylic acids is 1. The van der Waals surface area contributed by atoms with E-state index in [0.717, 1.165) is 0 Å². The molecule has 1 saturated heterocycles. The Morgan fingerprint density at radius 2 is 2.41 bits per heavy atom. The fourth-order valence-corrected chi connectivity index (χ4v) is 2.14. The molecule has 1 N–H and O–H groups in total. The molecule has 0 saturated carbocycles. The molecule has 88 valence electrons. The molecular weight excluding hydrogens is 218 g/mol. The van der Waals surface area contributed by atoms with Crippen molar-refractivity contribution >= 4 is 11.8 Å². The van der Waals surface area contributed by atoms with Crippen LogP contribution in [-0.2, 0) is 4.79 Å². The Balaban J connectivity index is 2.20. The van der Waals surface area contributed by atoms with Gasteiger partial charge in [-0.05, 0) is 18.1 Å². The number of rotatable bonds is 2. The smallest absolute Gasteiger partial charge is 0.308 e. The maximum Gasteiger partial charge on any atom is 0.308 e. The number of nitrogens with zero attached hydrogens (tertiary/aromatic N) is 3. The molecule has 5 heteroatoms. The second-order valence-corrected chi connectivity index (χ2v) is 4.34. The average molecular weight is 231 g/mol. The molecule has 17 heavy (non-hydrogen) atoms. The third-order valence-corrected chi connectivity index (χ3v) is 3.13. The van der Waals surface area contributed by atoms with E-state index in [9.17, 15) is 4.79 Å². The number of hydrogen-bond acceptors (Lipinski definition) is 4. The lowest BCUT2D eigenvalue weighted by atomic mass is 9.99. The number of anilines is 1. The van der Waals surface area contributed by atoms with E-state index in [2.05, 4.69) is 11.1 Å².